The zero-order valence-electron chi connectivity index (χ0n) is 18.6. The number of aromatic nitrogens is 1. The van der Waals surface area contributed by atoms with Gasteiger partial charge in [-0.2, -0.15) is 5.26 Å². The Morgan fingerprint density at radius 2 is 1.86 bits per heavy atom. The van der Waals surface area contributed by atoms with Crippen LogP contribution >= 0.6 is 0 Å². The van der Waals surface area contributed by atoms with E-state index in [-0.39, 0.29) is 11.2 Å². The summed E-state index contributed by atoms with van der Waals surface area (Å²) in [4.78, 5) is 15.7. The fraction of sp³-hybridized carbons (Fsp3) is 0.520. The number of carbonyl (C=O) groups excluding carboxylic acids is 1. The van der Waals surface area contributed by atoms with E-state index in [2.05, 4.69) is 56.2 Å². The van der Waals surface area contributed by atoms with E-state index in [0.29, 0.717) is 24.2 Å². The minimum Gasteiger partial charge on any atom is -0.317 e. The lowest BCUT2D eigenvalue weighted by Crippen LogP contribution is -2.38. The Balaban J connectivity index is 2.01. The largest absolute Gasteiger partial charge is 0.317 e. The number of rotatable bonds is 5. The van der Waals surface area contributed by atoms with Crippen LogP contribution in [0.25, 0.3) is 5.69 Å². The van der Waals surface area contributed by atoms with Crippen molar-refractivity contribution in [2.24, 2.45) is 0 Å². The standard InChI is InChI=1S/C25H33N3O/c1-7-20-11-8-17(2)27(20)16-23(29)22-14-24(25(4,5)6)28(18(22)3)21-12-9-19(15-26)10-13-21/h9-10,12-14,17,20H,7-8,11,16H2,1-6H3. The molecule has 0 aliphatic carbocycles. The number of nitriles is 1. The predicted molar refractivity (Wildman–Crippen MR) is 118 cm³/mol. The summed E-state index contributed by atoms with van der Waals surface area (Å²) in [7, 11) is 0. The third-order valence-corrected chi connectivity index (χ3v) is 6.32. The molecule has 2 unspecified atom stereocenters. The second kappa shape index (κ2) is 8.16. The van der Waals surface area contributed by atoms with Crippen LogP contribution in [0.3, 0.4) is 0 Å². The summed E-state index contributed by atoms with van der Waals surface area (Å²) in [6.07, 6.45) is 3.45. The molecule has 1 aromatic heterocycles. The Morgan fingerprint density at radius 3 is 2.41 bits per heavy atom. The van der Waals surface area contributed by atoms with Gasteiger partial charge in [-0.1, -0.05) is 27.7 Å². The topological polar surface area (TPSA) is 49.0 Å². The van der Waals surface area contributed by atoms with Crippen LogP contribution in [0.15, 0.2) is 30.3 Å². The lowest BCUT2D eigenvalue weighted by Gasteiger charge is -2.26. The van der Waals surface area contributed by atoms with Crippen molar-refractivity contribution < 1.29 is 4.79 Å². The van der Waals surface area contributed by atoms with Crippen molar-refractivity contribution in [3.63, 3.8) is 0 Å². The summed E-state index contributed by atoms with van der Waals surface area (Å²) in [5, 5.41) is 9.11. The summed E-state index contributed by atoms with van der Waals surface area (Å²) < 4.78 is 2.18. The highest BCUT2D eigenvalue weighted by Crippen LogP contribution is 2.32. The molecule has 1 fully saturated rings. The average molecular weight is 392 g/mol. The van der Waals surface area contributed by atoms with E-state index < -0.39 is 0 Å². The van der Waals surface area contributed by atoms with E-state index in [1.165, 1.54) is 12.8 Å². The molecule has 1 aromatic carbocycles. The maximum atomic E-state index is 13.4. The first-order chi connectivity index (χ1) is 13.7. The van der Waals surface area contributed by atoms with Gasteiger partial charge in [0, 0.05) is 40.1 Å². The van der Waals surface area contributed by atoms with Gasteiger partial charge in [0.05, 0.1) is 18.2 Å². The number of carbonyl (C=O) groups is 1. The molecule has 0 amide bonds. The number of Topliss-reactive ketones (excluding diaryl/α,β-unsaturated/α-hetero) is 1. The molecule has 0 radical (unpaired) electrons. The first-order valence-corrected chi connectivity index (χ1v) is 10.7. The van der Waals surface area contributed by atoms with Crippen molar-refractivity contribution in [2.75, 3.05) is 6.54 Å². The summed E-state index contributed by atoms with van der Waals surface area (Å²) in [6, 6.07) is 12.8. The number of hydrogen-bond acceptors (Lipinski definition) is 3. The average Bonchev–Trinajstić information content (AvgIpc) is 3.22. The van der Waals surface area contributed by atoms with Crippen molar-refractivity contribution in [1.29, 1.82) is 5.26 Å². The smallest absolute Gasteiger partial charge is 0.178 e. The molecule has 0 N–H and O–H groups in total. The maximum Gasteiger partial charge on any atom is 0.178 e. The van der Waals surface area contributed by atoms with Crippen LogP contribution in [0.1, 0.15) is 81.2 Å². The third kappa shape index (κ3) is 4.16. The molecule has 1 saturated heterocycles. The van der Waals surface area contributed by atoms with Gasteiger partial charge in [-0.3, -0.25) is 9.69 Å². The number of benzene rings is 1. The van der Waals surface area contributed by atoms with E-state index in [4.69, 9.17) is 5.26 Å². The van der Waals surface area contributed by atoms with Crippen molar-refractivity contribution in [2.45, 2.75) is 78.3 Å². The Kier molecular flexibility index (Phi) is 6.00. The molecule has 0 saturated carbocycles. The Hall–Kier alpha value is -2.38. The molecular weight excluding hydrogens is 358 g/mol. The molecule has 0 spiro atoms. The number of ketones is 1. The van der Waals surface area contributed by atoms with Gasteiger partial charge in [0.15, 0.2) is 5.78 Å². The molecule has 0 bridgehead atoms. The highest BCUT2D eigenvalue weighted by atomic mass is 16.1. The number of nitrogens with zero attached hydrogens (tertiary/aromatic N) is 3. The zero-order valence-corrected chi connectivity index (χ0v) is 18.6. The molecule has 2 heterocycles. The molecule has 29 heavy (non-hydrogen) atoms. The van der Waals surface area contributed by atoms with Gasteiger partial charge in [-0.15, -0.1) is 0 Å². The second-order valence-electron chi connectivity index (χ2n) is 9.36. The van der Waals surface area contributed by atoms with Gasteiger partial charge in [0.25, 0.3) is 0 Å². The third-order valence-electron chi connectivity index (χ3n) is 6.32. The van der Waals surface area contributed by atoms with Gasteiger partial charge in [0.1, 0.15) is 0 Å². The fourth-order valence-corrected chi connectivity index (χ4v) is 4.56. The van der Waals surface area contributed by atoms with Gasteiger partial charge in [-0.05, 0) is 63.4 Å². The molecule has 4 heteroatoms. The van der Waals surface area contributed by atoms with Gasteiger partial charge in [0.2, 0.25) is 0 Å². The van der Waals surface area contributed by atoms with E-state index >= 15 is 0 Å². The van der Waals surface area contributed by atoms with Gasteiger partial charge >= 0.3 is 0 Å². The van der Waals surface area contributed by atoms with E-state index in [1.54, 1.807) is 0 Å². The first kappa shape index (κ1) is 21.3. The highest BCUT2D eigenvalue weighted by molar-refractivity contribution is 5.99. The van der Waals surface area contributed by atoms with Crippen LogP contribution in [-0.2, 0) is 5.41 Å². The SMILES string of the molecule is CCC1CCC(C)N1CC(=O)c1cc(C(C)(C)C)n(-c2ccc(C#N)cc2)c1C. The van der Waals surface area contributed by atoms with Crippen LogP contribution in [0.4, 0.5) is 0 Å². The molecule has 1 aliphatic rings. The quantitative estimate of drug-likeness (QED) is 0.641. The van der Waals surface area contributed by atoms with E-state index in [9.17, 15) is 4.79 Å². The monoisotopic (exact) mass is 391 g/mol. The van der Waals surface area contributed by atoms with Crippen molar-refractivity contribution in [1.82, 2.24) is 9.47 Å². The molecule has 2 atom stereocenters. The molecular formula is C25H33N3O. The Labute approximate surface area is 175 Å². The first-order valence-electron chi connectivity index (χ1n) is 10.7. The van der Waals surface area contributed by atoms with Crippen LogP contribution in [0.2, 0.25) is 0 Å². The van der Waals surface area contributed by atoms with E-state index in [1.807, 2.05) is 31.2 Å². The van der Waals surface area contributed by atoms with Crippen molar-refractivity contribution >= 4 is 5.78 Å². The summed E-state index contributed by atoms with van der Waals surface area (Å²) in [5.41, 5.74) is 4.43. The minimum absolute atomic E-state index is 0.107. The summed E-state index contributed by atoms with van der Waals surface area (Å²) >= 11 is 0. The van der Waals surface area contributed by atoms with Crippen LogP contribution < -0.4 is 0 Å². The maximum absolute atomic E-state index is 13.4. The van der Waals surface area contributed by atoms with Crippen LogP contribution in [0, 0.1) is 18.3 Å². The second-order valence-corrected chi connectivity index (χ2v) is 9.36. The van der Waals surface area contributed by atoms with Gasteiger partial charge in [-0.25, -0.2) is 0 Å². The number of hydrogen-bond donors (Lipinski definition) is 0. The molecule has 3 rings (SSSR count). The van der Waals surface area contributed by atoms with Gasteiger partial charge < -0.3 is 4.57 Å². The summed E-state index contributed by atoms with van der Waals surface area (Å²) in [6.45, 7) is 13.5. The van der Waals surface area contributed by atoms with Crippen molar-refractivity contribution in [3.05, 3.63) is 52.8 Å². The fourth-order valence-electron chi connectivity index (χ4n) is 4.56. The molecule has 4 nitrogen and oxygen atoms in total. The normalized spacial score (nSPS) is 20.0. The lowest BCUT2D eigenvalue weighted by molar-refractivity contribution is 0.0888. The minimum atomic E-state index is -0.107. The summed E-state index contributed by atoms with van der Waals surface area (Å²) in [5.74, 6) is 0.201. The Morgan fingerprint density at radius 1 is 1.21 bits per heavy atom. The molecule has 154 valence electrons. The number of likely N-dealkylation sites (tertiary alicyclic amines) is 1. The molecule has 1 aliphatic heterocycles. The van der Waals surface area contributed by atoms with E-state index in [0.717, 1.165) is 29.1 Å². The molecule has 2 aromatic rings. The predicted octanol–water partition coefficient (Wildman–Crippen LogP) is 5.40. The van der Waals surface area contributed by atoms with Crippen LogP contribution in [0.5, 0.6) is 0 Å². The Bertz CT molecular complexity index is 925. The van der Waals surface area contributed by atoms with Crippen LogP contribution in [-0.4, -0.2) is 33.9 Å². The zero-order chi connectivity index (χ0) is 21.3. The highest BCUT2D eigenvalue weighted by Gasteiger charge is 2.32. The van der Waals surface area contributed by atoms with Crippen molar-refractivity contribution in [3.8, 4) is 11.8 Å². The lowest BCUT2D eigenvalue weighted by atomic mass is 9.91.